The first kappa shape index (κ1) is 14.8. The van der Waals surface area contributed by atoms with Crippen molar-refractivity contribution in [3.63, 3.8) is 0 Å². The molecular weight excluding hydrogens is 278 g/mol. The average molecular weight is 293 g/mol. The van der Waals surface area contributed by atoms with Gasteiger partial charge in [-0.25, -0.2) is 9.78 Å². The molecule has 0 aliphatic heterocycles. The zero-order chi connectivity index (χ0) is 15.7. The predicted molar refractivity (Wildman–Crippen MR) is 73.2 cm³/mol. The number of carbonyl (C=O) groups excluding carboxylic acids is 1. The third kappa shape index (κ3) is 2.39. The Labute approximate surface area is 119 Å². The highest BCUT2D eigenvalue weighted by atomic mass is 16.4. The van der Waals surface area contributed by atoms with Crippen molar-refractivity contribution in [1.82, 2.24) is 14.9 Å². The number of aliphatic carboxylic acids is 1. The lowest BCUT2D eigenvalue weighted by molar-refractivity contribution is -0.142. The summed E-state index contributed by atoms with van der Waals surface area (Å²) < 4.78 is 5.30. The summed E-state index contributed by atoms with van der Waals surface area (Å²) in [4.78, 5) is 42.9. The Kier molecular flexibility index (Phi) is 3.79. The number of rotatable bonds is 4. The topological polar surface area (TPSA) is 116 Å². The lowest BCUT2D eigenvalue weighted by Gasteiger charge is -2.23. The molecule has 1 amide bonds. The van der Waals surface area contributed by atoms with Crippen LogP contribution in [0.3, 0.4) is 0 Å². The third-order valence-corrected chi connectivity index (χ3v) is 3.34. The van der Waals surface area contributed by atoms with Crippen molar-refractivity contribution in [2.45, 2.75) is 26.3 Å². The van der Waals surface area contributed by atoms with Gasteiger partial charge in [0.2, 0.25) is 5.71 Å². The number of likely N-dealkylation sites (N-methyl/N-ethyl adjacent to an activating group) is 1. The number of carbonyl (C=O) groups is 2. The summed E-state index contributed by atoms with van der Waals surface area (Å²) in [6.07, 6.45) is 1.43. The number of furan rings is 1. The average Bonchev–Trinajstić information content (AvgIpc) is 2.75. The third-order valence-electron chi connectivity index (χ3n) is 3.34. The summed E-state index contributed by atoms with van der Waals surface area (Å²) in [5, 5.41) is 9.16. The number of carboxylic acids is 1. The summed E-state index contributed by atoms with van der Waals surface area (Å²) >= 11 is 0. The number of fused-ring (bicyclic) bond motifs is 1. The summed E-state index contributed by atoms with van der Waals surface area (Å²) in [6, 6.07) is -0.974. The van der Waals surface area contributed by atoms with Crippen LogP contribution in [0.15, 0.2) is 15.5 Å². The molecule has 1 atom stereocenters. The monoisotopic (exact) mass is 293 g/mol. The Morgan fingerprint density at radius 1 is 1.52 bits per heavy atom. The summed E-state index contributed by atoms with van der Waals surface area (Å²) in [5.74, 6) is -1.46. The minimum absolute atomic E-state index is 0.0343. The number of hydrogen-bond acceptors (Lipinski definition) is 5. The van der Waals surface area contributed by atoms with Crippen LogP contribution in [-0.4, -0.2) is 44.9 Å². The normalized spacial score (nSPS) is 12.3. The van der Waals surface area contributed by atoms with Crippen molar-refractivity contribution in [3.8, 4) is 0 Å². The molecule has 0 bridgehead atoms. The van der Waals surface area contributed by atoms with E-state index in [9.17, 15) is 14.4 Å². The molecule has 8 nitrogen and oxygen atoms in total. The van der Waals surface area contributed by atoms with Crippen molar-refractivity contribution in [2.24, 2.45) is 0 Å². The first-order valence-electron chi connectivity index (χ1n) is 6.35. The first-order chi connectivity index (χ1) is 9.88. The molecule has 2 aromatic rings. The number of amides is 1. The van der Waals surface area contributed by atoms with E-state index >= 15 is 0 Å². The fourth-order valence-corrected chi connectivity index (χ4v) is 2.24. The zero-order valence-corrected chi connectivity index (χ0v) is 11.8. The van der Waals surface area contributed by atoms with E-state index in [0.717, 1.165) is 4.90 Å². The standard InChI is InChI=1S/C13H15N3O5/c1-4-7(13(19)20)16(3)12(18)8-6(2)21-11-9(8)10(17)14-5-15-11/h5,7H,4H2,1-3H3,(H,19,20)(H,14,15,17). The van der Waals surface area contributed by atoms with E-state index in [-0.39, 0.29) is 28.8 Å². The highest BCUT2D eigenvalue weighted by Gasteiger charge is 2.30. The van der Waals surface area contributed by atoms with Crippen molar-refractivity contribution in [2.75, 3.05) is 7.05 Å². The van der Waals surface area contributed by atoms with Gasteiger partial charge in [-0.15, -0.1) is 0 Å². The van der Waals surface area contributed by atoms with Crippen molar-refractivity contribution in [3.05, 3.63) is 28.0 Å². The number of carboxylic acid groups (broad SMARTS) is 1. The van der Waals surface area contributed by atoms with E-state index in [2.05, 4.69) is 9.97 Å². The van der Waals surface area contributed by atoms with E-state index in [1.807, 2.05) is 0 Å². The Hall–Kier alpha value is -2.64. The number of aromatic amines is 1. The SMILES string of the molecule is CCC(C(=O)O)N(C)C(=O)c1c(C)oc2nc[nH]c(=O)c12. The maximum atomic E-state index is 12.5. The van der Waals surface area contributed by atoms with Gasteiger partial charge in [0.1, 0.15) is 17.2 Å². The molecule has 1 unspecified atom stereocenters. The van der Waals surface area contributed by atoms with Crippen LogP contribution in [0.4, 0.5) is 0 Å². The van der Waals surface area contributed by atoms with Crippen LogP contribution in [0.2, 0.25) is 0 Å². The molecule has 0 spiro atoms. The van der Waals surface area contributed by atoms with Gasteiger partial charge >= 0.3 is 5.97 Å². The van der Waals surface area contributed by atoms with Crippen molar-refractivity contribution < 1.29 is 19.1 Å². The lowest BCUT2D eigenvalue weighted by atomic mass is 10.1. The second-order valence-electron chi connectivity index (χ2n) is 4.62. The number of hydrogen-bond donors (Lipinski definition) is 2. The summed E-state index contributed by atoms with van der Waals surface area (Å²) in [7, 11) is 1.38. The molecule has 2 rings (SSSR count). The lowest BCUT2D eigenvalue weighted by Crippen LogP contribution is -2.42. The molecule has 0 saturated heterocycles. The summed E-state index contributed by atoms with van der Waals surface area (Å²) in [5.41, 5.74) is -0.408. The zero-order valence-electron chi connectivity index (χ0n) is 11.8. The minimum atomic E-state index is -1.11. The molecule has 0 aromatic carbocycles. The van der Waals surface area contributed by atoms with Gasteiger partial charge in [-0.3, -0.25) is 9.59 Å². The van der Waals surface area contributed by atoms with Gasteiger partial charge in [-0.1, -0.05) is 6.92 Å². The van der Waals surface area contributed by atoms with Crippen LogP contribution < -0.4 is 5.56 Å². The van der Waals surface area contributed by atoms with Crippen molar-refractivity contribution >= 4 is 23.0 Å². The highest BCUT2D eigenvalue weighted by molar-refractivity contribution is 6.07. The van der Waals surface area contributed by atoms with E-state index in [1.54, 1.807) is 6.92 Å². The highest BCUT2D eigenvalue weighted by Crippen LogP contribution is 2.22. The quantitative estimate of drug-likeness (QED) is 0.859. The van der Waals surface area contributed by atoms with E-state index in [0.29, 0.717) is 0 Å². The van der Waals surface area contributed by atoms with E-state index in [4.69, 9.17) is 9.52 Å². The fraction of sp³-hybridized carbons (Fsp3) is 0.385. The van der Waals surface area contributed by atoms with Crippen LogP contribution in [0.1, 0.15) is 29.5 Å². The molecule has 2 aromatic heterocycles. The van der Waals surface area contributed by atoms with Crippen LogP contribution in [0.5, 0.6) is 0 Å². The fourth-order valence-electron chi connectivity index (χ4n) is 2.24. The van der Waals surface area contributed by atoms with E-state index < -0.39 is 23.5 Å². The maximum absolute atomic E-state index is 12.5. The Morgan fingerprint density at radius 3 is 2.76 bits per heavy atom. The molecule has 0 fully saturated rings. The largest absolute Gasteiger partial charge is 0.480 e. The Bertz CT molecular complexity index is 761. The number of H-pyrrole nitrogens is 1. The number of nitrogens with zero attached hydrogens (tertiary/aromatic N) is 2. The molecule has 0 aliphatic carbocycles. The molecule has 0 saturated carbocycles. The van der Waals surface area contributed by atoms with Gasteiger partial charge in [0.15, 0.2) is 0 Å². The molecule has 8 heteroatoms. The van der Waals surface area contributed by atoms with Gasteiger partial charge in [-0.05, 0) is 13.3 Å². The van der Waals surface area contributed by atoms with Crippen LogP contribution in [0, 0.1) is 6.92 Å². The second-order valence-corrected chi connectivity index (χ2v) is 4.62. The first-order valence-corrected chi connectivity index (χ1v) is 6.35. The van der Waals surface area contributed by atoms with Crippen molar-refractivity contribution in [1.29, 1.82) is 0 Å². The van der Waals surface area contributed by atoms with Gasteiger partial charge in [-0.2, -0.15) is 0 Å². The Morgan fingerprint density at radius 2 is 2.19 bits per heavy atom. The van der Waals surface area contributed by atoms with Crippen LogP contribution in [0.25, 0.3) is 11.1 Å². The summed E-state index contributed by atoms with van der Waals surface area (Å²) in [6.45, 7) is 3.20. The maximum Gasteiger partial charge on any atom is 0.326 e. The van der Waals surface area contributed by atoms with Gasteiger partial charge in [0.05, 0.1) is 11.9 Å². The predicted octanol–water partition coefficient (Wildman–Crippen LogP) is 0.760. The Balaban J connectivity index is 2.56. The van der Waals surface area contributed by atoms with Gasteiger partial charge < -0.3 is 19.4 Å². The molecule has 21 heavy (non-hydrogen) atoms. The second kappa shape index (κ2) is 5.39. The molecule has 2 N–H and O–H groups in total. The van der Waals surface area contributed by atoms with Crippen LogP contribution in [-0.2, 0) is 4.79 Å². The number of aromatic nitrogens is 2. The molecular formula is C13H15N3O5. The molecule has 112 valence electrons. The molecule has 0 radical (unpaired) electrons. The number of nitrogens with one attached hydrogen (secondary N) is 1. The van der Waals surface area contributed by atoms with Crippen LogP contribution >= 0.6 is 0 Å². The number of aryl methyl sites for hydroxylation is 1. The molecule has 2 heterocycles. The smallest absolute Gasteiger partial charge is 0.326 e. The van der Waals surface area contributed by atoms with Gasteiger partial charge in [0, 0.05) is 7.05 Å². The van der Waals surface area contributed by atoms with E-state index in [1.165, 1.54) is 20.3 Å². The minimum Gasteiger partial charge on any atom is -0.480 e. The molecule has 0 aliphatic rings. The van der Waals surface area contributed by atoms with Gasteiger partial charge in [0.25, 0.3) is 11.5 Å².